The summed E-state index contributed by atoms with van der Waals surface area (Å²) in [5.74, 6) is 0. The molecule has 0 aromatic heterocycles. The van der Waals surface area contributed by atoms with E-state index in [1.54, 1.807) is 0 Å². The molecule has 0 amide bonds. The molecule has 0 heterocycles. The molecule has 0 aliphatic heterocycles. The third-order valence-electron chi connectivity index (χ3n) is 12.1. The average Bonchev–Trinajstić information content (AvgIpc) is 3.16. The smallest absolute Gasteiger partial charge is 0.0654 e. The Morgan fingerprint density at radius 2 is 0.849 bits per heavy atom. The Kier molecular flexibility index (Phi) is 25.1. The van der Waals surface area contributed by atoms with E-state index in [0.29, 0.717) is 4.90 Å². The van der Waals surface area contributed by atoms with Crippen molar-refractivity contribution in [3.8, 4) is 0 Å². The molecule has 0 aliphatic carbocycles. The molecule has 2 rings (SSSR count). The van der Waals surface area contributed by atoms with Gasteiger partial charge in [0.15, 0.2) is 0 Å². The number of unbranched alkanes of at least 4 members (excludes halogenated alkanes) is 20. The zero-order valence-corrected chi connectivity index (χ0v) is 37.8. The third-order valence-corrected chi connectivity index (χ3v) is 21.4. The van der Waals surface area contributed by atoms with Gasteiger partial charge in [-0.15, -0.1) is 0 Å². The summed E-state index contributed by atoms with van der Waals surface area (Å²) < 4.78 is 38.3. The van der Waals surface area contributed by atoms with Crippen LogP contribution in [-0.4, -0.2) is 33.1 Å². The van der Waals surface area contributed by atoms with Gasteiger partial charge in [0.05, 0.1) is 0 Å². The molecule has 0 N–H and O–H groups in total. The van der Waals surface area contributed by atoms with Crippen LogP contribution in [0.25, 0.3) is 10.8 Å². The molecule has 0 unspecified atom stereocenters. The fraction of sp³-hybridized carbons (Fsp3) is 0.792. The molecule has 0 spiro atoms. The maximum atomic E-state index is 15.5. The molecule has 308 valence electrons. The molecule has 0 radical (unpaired) electrons. The van der Waals surface area contributed by atoms with Crippen LogP contribution in [0.1, 0.15) is 220 Å². The van der Waals surface area contributed by atoms with E-state index in [0.717, 1.165) is 124 Å². The van der Waals surface area contributed by atoms with Gasteiger partial charge >= 0.3 is 286 Å². The van der Waals surface area contributed by atoms with Crippen LogP contribution in [0.4, 0.5) is 0 Å². The second-order valence-corrected chi connectivity index (χ2v) is 24.3. The minimum atomic E-state index is -4.03. The summed E-state index contributed by atoms with van der Waals surface area (Å²) in [7, 11) is -4.03. The molecule has 0 saturated heterocycles. The van der Waals surface area contributed by atoms with Crippen molar-refractivity contribution in [2.24, 2.45) is 0 Å². The van der Waals surface area contributed by atoms with Crippen molar-refractivity contribution in [1.29, 1.82) is 0 Å². The number of rotatable bonds is 35. The number of fused-ring (bicyclic) bond motifs is 1. The Morgan fingerprint density at radius 3 is 1.28 bits per heavy atom. The summed E-state index contributed by atoms with van der Waals surface area (Å²) >= 11 is 0. The van der Waals surface area contributed by atoms with Crippen molar-refractivity contribution in [2.45, 2.75) is 226 Å². The summed E-state index contributed by atoms with van der Waals surface area (Å²) in [4.78, 5) is 0.538. The maximum absolute atomic E-state index is 15.5. The molecule has 2 aromatic carbocycles. The second kappa shape index (κ2) is 27.6. The number of hydrogen-bond donors (Lipinski definition) is 0. The first-order valence-electron chi connectivity index (χ1n) is 23.3. The van der Waals surface area contributed by atoms with Crippen LogP contribution >= 0.6 is 6.83 Å². The number of aryl methyl sites for hydroxylation is 1. The first-order valence-corrected chi connectivity index (χ1v) is 27.6. The van der Waals surface area contributed by atoms with E-state index >= 15 is 8.42 Å². The summed E-state index contributed by atoms with van der Waals surface area (Å²) in [6, 6.07) is 10.7. The van der Waals surface area contributed by atoms with Crippen molar-refractivity contribution >= 4 is 27.7 Å². The van der Waals surface area contributed by atoms with Gasteiger partial charge in [-0.1, -0.05) is 46.0 Å². The van der Waals surface area contributed by atoms with E-state index < -0.39 is 16.9 Å². The van der Waals surface area contributed by atoms with E-state index in [1.165, 1.54) is 102 Å². The van der Waals surface area contributed by atoms with Gasteiger partial charge in [-0.25, -0.2) is 0 Å². The summed E-state index contributed by atoms with van der Waals surface area (Å²) in [6.07, 6.45) is 37.2. The van der Waals surface area contributed by atoms with E-state index in [9.17, 15) is 0 Å². The van der Waals surface area contributed by atoms with E-state index in [-0.39, 0.29) is 0 Å². The monoisotopic (exact) mass is 775 g/mol. The van der Waals surface area contributed by atoms with Gasteiger partial charge < -0.3 is 0 Å². The summed E-state index contributed by atoms with van der Waals surface area (Å²) in [5.41, 5.74) is 2.35. The fourth-order valence-electron chi connectivity index (χ4n) is 8.80. The van der Waals surface area contributed by atoms with Crippen molar-refractivity contribution in [1.82, 2.24) is 0 Å². The zero-order chi connectivity index (χ0) is 38.7. The van der Waals surface area contributed by atoms with Gasteiger partial charge in [0.1, 0.15) is 0 Å². The van der Waals surface area contributed by atoms with Gasteiger partial charge in [0.2, 0.25) is 0 Å². The van der Waals surface area contributed by atoms with Crippen LogP contribution in [-0.2, 0) is 26.9 Å². The van der Waals surface area contributed by atoms with E-state index in [4.69, 9.17) is 3.97 Å². The van der Waals surface area contributed by atoms with Crippen LogP contribution in [0.3, 0.4) is 0 Å². The molecule has 0 saturated carbocycles. The van der Waals surface area contributed by atoms with Crippen LogP contribution in [0.2, 0.25) is 0 Å². The molecule has 2 aromatic rings. The predicted octanol–water partition coefficient (Wildman–Crippen LogP) is 16.4. The van der Waals surface area contributed by atoms with Crippen molar-refractivity contribution < 1.29 is 12.4 Å². The first kappa shape index (κ1) is 48.2. The van der Waals surface area contributed by atoms with Gasteiger partial charge in [-0.2, -0.15) is 0 Å². The second-order valence-electron chi connectivity index (χ2n) is 16.9. The topological polar surface area (TPSA) is 43.4 Å². The van der Waals surface area contributed by atoms with Crippen LogP contribution < -0.4 is 0 Å². The Labute approximate surface area is 331 Å². The van der Waals surface area contributed by atoms with Crippen LogP contribution in [0.15, 0.2) is 35.2 Å². The average molecular weight is 775 g/mol. The minimum absolute atomic E-state index is 0.538. The van der Waals surface area contributed by atoms with Crippen LogP contribution in [0, 0.1) is 0 Å². The Balaban J connectivity index is 2.58. The van der Waals surface area contributed by atoms with E-state index in [2.05, 4.69) is 65.8 Å². The van der Waals surface area contributed by atoms with Gasteiger partial charge in [0.25, 0.3) is 0 Å². The molecule has 0 atom stereocenters. The standard InChI is InChI=1S/C48H87O3PS/c1-7-13-19-21-23-25-27-29-31-35-44-43-45-36-33-34-38-47(45)48(46(44)37-32-30-28-26-24-22-20-14-8-2)53(49,50)51-52(39-15-9-3,40-16-10-4,41-17-11-5)42-18-12-6/h33-34,36,38,43H,7-32,35,37,39-42H2,1-6H3. The normalized spacial score (nSPS) is 13.1. The Hall–Kier alpha value is -0.960. The quantitative estimate of drug-likeness (QED) is 0.0517. The molecular formula is C48H87O3PS. The Bertz CT molecular complexity index is 1290. The predicted molar refractivity (Wildman–Crippen MR) is 240 cm³/mol. The first-order chi connectivity index (χ1) is 25.7. The molecule has 3 nitrogen and oxygen atoms in total. The fourth-order valence-corrected chi connectivity index (χ4v) is 19.3. The van der Waals surface area contributed by atoms with E-state index in [1.807, 2.05) is 6.07 Å². The van der Waals surface area contributed by atoms with Crippen molar-refractivity contribution in [2.75, 3.05) is 24.6 Å². The van der Waals surface area contributed by atoms with Crippen molar-refractivity contribution in [3.05, 3.63) is 41.5 Å². The van der Waals surface area contributed by atoms with Gasteiger partial charge in [0, 0.05) is 0 Å². The molecule has 53 heavy (non-hydrogen) atoms. The molecule has 0 aliphatic rings. The SMILES string of the molecule is CCCCCCCCCCCc1cc2ccccc2c(S(=O)(=O)OP(CCCC)(CCCC)(CCCC)CCCC)c1CCCCCCCCCCC. The van der Waals surface area contributed by atoms with Gasteiger partial charge in [-0.3, -0.25) is 0 Å². The third kappa shape index (κ3) is 17.0. The number of hydrogen-bond acceptors (Lipinski definition) is 3. The molecular weight excluding hydrogens is 688 g/mol. The molecule has 0 fully saturated rings. The zero-order valence-electron chi connectivity index (χ0n) is 36.1. The summed E-state index contributed by atoms with van der Waals surface area (Å²) in [6.45, 7) is 10.5. The van der Waals surface area contributed by atoms with Crippen molar-refractivity contribution in [3.63, 3.8) is 0 Å². The van der Waals surface area contributed by atoms with Gasteiger partial charge in [-0.05, 0) is 0 Å². The Morgan fingerprint density at radius 1 is 0.472 bits per heavy atom. The number of benzene rings is 2. The molecule has 5 heteroatoms. The molecule has 0 bridgehead atoms. The minimum Gasteiger partial charge on any atom is -0.0654 e. The summed E-state index contributed by atoms with van der Waals surface area (Å²) in [5, 5.41) is 1.93. The van der Waals surface area contributed by atoms with Crippen LogP contribution in [0.5, 0.6) is 0 Å².